The number of aryl methyl sites for hydroxylation is 2. The number of aromatic nitrogens is 3. The number of carbonyl (C=O) groups excluding carboxylic acids is 1. The van der Waals surface area contributed by atoms with E-state index in [0.29, 0.717) is 11.6 Å². The SMILES string of the molecule is CCc1cc(C)cc(-c2ccc3c(n2)N(C(=O)Nc2cnccn2)[C@H](C)CCN3)c1. The highest BCUT2D eigenvalue weighted by molar-refractivity contribution is 6.03. The molecule has 1 aliphatic rings. The number of hydrogen-bond acceptors (Lipinski definition) is 5. The maximum absolute atomic E-state index is 13.2. The van der Waals surface area contributed by atoms with Crippen molar-refractivity contribution in [3.05, 3.63) is 60.0 Å². The highest BCUT2D eigenvalue weighted by Crippen LogP contribution is 2.33. The first-order chi connectivity index (χ1) is 14.5. The highest BCUT2D eigenvalue weighted by Gasteiger charge is 2.29. The van der Waals surface area contributed by atoms with Gasteiger partial charge in [-0.05, 0) is 56.5 Å². The van der Waals surface area contributed by atoms with Crippen molar-refractivity contribution in [2.45, 2.75) is 39.7 Å². The third kappa shape index (κ3) is 4.10. The Morgan fingerprint density at radius 1 is 1.27 bits per heavy atom. The van der Waals surface area contributed by atoms with E-state index in [-0.39, 0.29) is 12.1 Å². The Hall–Kier alpha value is -3.48. The first kappa shape index (κ1) is 19.8. The number of amides is 2. The number of nitrogens with one attached hydrogen (secondary N) is 2. The van der Waals surface area contributed by atoms with Gasteiger partial charge in [-0.3, -0.25) is 15.2 Å². The van der Waals surface area contributed by atoms with Crippen LogP contribution in [0.1, 0.15) is 31.4 Å². The third-order valence-electron chi connectivity index (χ3n) is 5.28. The van der Waals surface area contributed by atoms with E-state index in [1.165, 1.54) is 17.3 Å². The second-order valence-electron chi connectivity index (χ2n) is 7.58. The van der Waals surface area contributed by atoms with Crippen molar-refractivity contribution in [2.75, 3.05) is 22.1 Å². The van der Waals surface area contributed by atoms with Crippen molar-refractivity contribution < 1.29 is 4.79 Å². The Balaban J connectivity index is 1.74. The van der Waals surface area contributed by atoms with Crippen LogP contribution < -0.4 is 15.5 Å². The Morgan fingerprint density at radius 3 is 2.90 bits per heavy atom. The molecule has 7 nitrogen and oxygen atoms in total. The zero-order valence-electron chi connectivity index (χ0n) is 17.5. The minimum atomic E-state index is -0.268. The molecule has 2 amide bonds. The van der Waals surface area contributed by atoms with Crippen LogP contribution in [0.3, 0.4) is 0 Å². The van der Waals surface area contributed by atoms with Crippen LogP contribution in [0.5, 0.6) is 0 Å². The van der Waals surface area contributed by atoms with Gasteiger partial charge in [-0.2, -0.15) is 0 Å². The molecular formula is C23H26N6O. The molecule has 3 aromatic rings. The lowest BCUT2D eigenvalue weighted by Crippen LogP contribution is -2.42. The van der Waals surface area contributed by atoms with Crippen molar-refractivity contribution in [3.63, 3.8) is 0 Å². The lowest BCUT2D eigenvalue weighted by atomic mass is 10.0. The number of pyridine rings is 1. The molecule has 3 heterocycles. The summed E-state index contributed by atoms with van der Waals surface area (Å²) in [6, 6.07) is 10.2. The molecule has 1 aromatic carbocycles. The third-order valence-corrected chi connectivity index (χ3v) is 5.28. The summed E-state index contributed by atoms with van der Waals surface area (Å²) in [5.41, 5.74) is 5.22. The van der Waals surface area contributed by atoms with E-state index in [4.69, 9.17) is 4.98 Å². The molecule has 0 saturated heterocycles. The number of urea groups is 1. The van der Waals surface area contributed by atoms with E-state index >= 15 is 0 Å². The van der Waals surface area contributed by atoms with Gasteiger partial charge in [0.1, 0.15) is 0 Å². The predicted octanol–water partition coefficient (Wildman–Crippen LogP) is 4.65. The van der Waals surface area contributed by atoms with Gasteiger partial charge >= 0.3 is 6.03 Å². The average Bonchev–Trinajstić information content (AvgIpc) is 2.91. The van der Waals surface area contributed by atoms with E-state index in [0.717, 1.165) is 36.3 Å². The van der Waals surface area contributed by atoms with Crippen LogP contribution in [0.4, 0.5) is 22.1 Å². The molecular weight excluding hydrogens is 376 g/mol. The molecule has 4 rings (SSSR count). The number of hydrogen-bond donors (Lipinski definition) is 2. The van der Waals surface area contributed by atoms with Gasteiger partial charge in [0.15, 0.2) is 11.6 Å². The average molecular weight is 403 g/mol. The minimum Gasteiger partial charge on any atom is -0.382 e. The van der Waals surface area contributed by atoms with E-state index in [1.54, 1.807) is 17.3 Å². The second kappa shape index (κ2) is 8.49. The second-order valence-corrected chi connectivity index (χ2v) is 7.58. The zero-order chi connectivity index (χ0) is 21.1. The number of benzene rings is 1. The Labute approximate surface area is 176 Å². The van der Waals surface area contributed by atoms with Crippen LogP contribution in [-0.2, 0) is 6.42 Å². The number of nitrogens with zero attached hydrogens (tertiary/aromatic N) is 4. The van der Waals surface area contributed by atoms with Crippen molar-refractivity contribution >= 4 is 23.4 Å². The molecule has 7 heteroatoms. The van der Waals surface area contributed by atoms with Crippen LogP contribution in [0, 0.1) is 6.92 Å². The molecule has 0 unspecified atom stereocenters. The maximum atomic E-state index is 13.2. The van der Waals surface area contributed by atoms with Crippen molar-refractivity contribution in [1.82, 2.24) is 15.0 Å². The summed E-state index contributed by atoms with van der Waals surface area (Å²) in [4.78, 5) is 28.0. The summed E-state index contributed by atoms with van der Waals surface area (Å²) in [5, 5.41) is 6.25. The first-order valence-electron chi connectivity index (χ1n) is 10.3. The van der Waals surface area contributed by atoms with Crippen LogP contribution in [0.2, 0.25) is 0 Å². The highest BCUT2D eigenvalue weighted by atomic mass is 16.2. The van der Waals surface area contributed by atoms with Crippen LogP contribution >= 0.6 is 0 Å². The van der Waals surface area contributed by atoms with Gasteiger partial charge in [0.05, 0.1) is 17.6 Å². The van der Waals surface area contributed by atoms with Gasteiger partial charge in [-0.1, -0.05) is 18.6 Å². The smallest absolute Gasteiger partial charge is 0.329 e. The van der Waals surface area contributed by atoms with Crippen LogP contribution in [0.15, 0.2) is 48.9 Å². The van der Waals surface area contributed by atoms with E-state index < -0.39 is 0 Å². The summed E-state index contributed by atoms with van der Waals surface area (Å²) >= 11 is 0. The number of carbonyl (C=O) groups is 1. The largest absolute Gasteiger partial charge is 0.382 e. The molecule has 0 radical (unpaired) electrons. The maximum Gasteiger partial charge on any atom is 0.329 e. The number of anilines is 3. The summed E-state index contributed by atoms with van der Waals surface area (Å²) in [7, 11) is 0. The topological polar surface area (TPSA) is 83.0 Å². The fourth-order valence-electron chi connectivity index (χ4n) is 3.73. The van der Waals surface area contributed by atoms with Crippen LogP contribution in [-0.4, -0.2) is 33.6 Å². The summed E-state index contributed by atoms with van der Waals surface area (Å²) in [6.07, 6.45) is 6.43. The molecule has 1 aliphatic heterocycles. The van der Waals surface area contributed by atoms with Gasteiger partial charge in [0, 0.05) is 30.5 Å². The van der Waals surface area contributed by atoms with Crippen molar-refractivity contribution in [2.24, 2.45) is 0 Å². The van der Waals surface area contributed by atoms with Gasteiger partial charge in [-0.15, -0.1) is 0 Å². The first-order valence-corrected chi connectivity index (χ1v) is 10.3. The van der Waals surface area contributed by atoms with Gasteiger partial charge in [0.2, 0.25) is 0 Å². The Bertz CT molecular complexity index is 1050. The van der Waals surface area contributed by atoms with E-state index in [1.807, 2.05) is 19.1 Å². The molecule has 0 bridgehead atoms. The Kier molecular flexibility index (Phi) is 5.61. The molecule has 0 aliphatic carbocycles. The summed E-state index contributed by atoms with van der Waals surface area (Å²) in [6.45, 7) is 7.04. The fourth-order valence-corrected chi connectivity index (χ4v) is 3.73. The standard InChI is InChI=1S/C23H26N6O/c1-4-17-11-15(2)12-18(13-17)19-5-6-20-22(27-19)29(16(3)7-8-25-20)23(30)28-21-14-24-9-10-26-21/h5-6,9-14,16,25H,4,7-8H2,1-3H3,(H,26,28,30)/t16-/m1/s1. The summed E-state index contributed by atoms with van der Waals surface area (Å²) in [5.74, 6) is 1.04. The molecule has 2 aromatic heterocycles. The normalized spacial score (nSPS) is 15.7. The van der Waals surface area contributed by atoms with E-state index in [9.17, 15) is 4.79 Å². The van der Waals surface area contributed by atoms with Gasteiger partial charge in [-0.25, -0.2) is 14.8 Å². The number of rotatable bonds is 3. The van der Waals surface area contributed by atoms with E-state index in [2.05, 4.69) is 52.6 Å². The quantitative estimate of drug-likeness (QED) is 0.666. The predicted molar refractivity (Wildman–Crippen MR) is 120 cm³/mol. The molecule has 0 fully saturated rings. The number of fused-ring (bicyclic) bond motifs is 1. The van der Waals surface area contributed by atoms with Crippen molar-refractivity contribution in [1.29, 1.82) is 0 Å². The lowest BCUT2D eigenvalue weighted by molar-refractivity contribution is 0.255. The zero-order valence-corrected chi connectivity index (χ0v) is 17.5. The Morgan fingerprint density at radius 2 is 2.13 bits per heavy atom. The van der Waals surface area contributed by atoms with Gasteiger partial charge in [0.25, 0.3) is 0 Å². The lowest BCUT2D eigenvalue weighted by Gasteiger charge is -2.27. The molecule has 1 atom stereocenters. The summed E-state index contributed by atoms with van der Waals surface area (Å²) < 4.78 is 0. The fraction of sp³-hybridized carbons (Fsp3) is 0.304. The monoisotopic (exact) mass is 402 g/mol. The van der Waals surface area contributed by atoms with Crippen molar-refractivity contribution in [3.8, 4) is 11.3 Å². The minimum absolute atomic E-state index is 0.0260. The molecule has 154 valence electrons. The molecule has 30 heavy (non-hydrogen) atoms. The van der Waals surface area contributed by atoms with Crippen LogP contribution in [0.25, 0.3) is 11.3 Å². The van der Waals surface area contributed by atoms with Gasteiger partial charge < -0.3 is 5.32 Å². The molecule has 0 spiro atoms. The molecule has 0 saturated carbocycles. The molecule has 2 N–H and O–H groups in total.